The Kier molecular flexibility index (Phi) is 6.82. The number of halogens is 3. The van der Waals surface area contributed by atoms with E-state index in [2.05, 4.69) is 30.6 Å². The van der Waals surface area contributed by atoms with Crippen LogP contribution in [0.4, 0.5) is 24.7 Å². The van der Waals surface area contributed by atoms with Gasteiger partial charge in [-0.1, -0.05) is 11.8 Å². The summed E-state index contributed by atoms with van der Waals surface area (Å²) in [4.78, 5) is 29.2. The summed E-state index contributed by atoms with van der Waals surface area (Å²) in [6, 6.07) is 4.86. The summed E-state index contributed by atoms with van der Waals surface area (Å²) in [6.07, 6.45) is 1.44. The SMILES string of the molecule is CC(C)NC(=O)c1cnc2c(Nc3cnc(F)c([C@]4(C)C[C@](C)(C(F)F)SC(N)=N4)c3)nccc2c1. The molecule has 0 unspecified atom stereocenters. The zero-order valence-electron chi connectivity index (χ0n) is 20.1. The van der Waals surface area contributed by atoms with Crippen LogP contribution in [0.1, 0.15) is 50.0 Å². The molecule has 0 aromatic carbocycles. The van der Waals surface area contributed by atoms with E-state index >= 15 is 0 Å². The van der Waals surface area contributed by atoms with Crippen LogP contribution in [0.2, 0.25) is 0 Å². The molecule has 8 nitrogen and oxygen atoms in total. The number of nitrogens with two attached hydrogens (primary N) is 1. The van der Waals surface area contributed by atoms with Crippen LogP contribution in [0.15, 0.2) is 41.8 Å². The van der Waals surface area contributed by atoms with Gasteiger partial charge in [-0.3, -0.25) is 14.8 Å². The monoisotopic (exact) mass is 517 g/mol. The number of rotatable bonds is 6. The number of alkyl halides is 2. The average molecular weight is 518 g/mol. The van der Waals surface area contributed by atoms with Crippen LogP contribution in [0.5, 0.6) is 0 Å². The number of amides is 1. The van der Waals surface area contributed by atoms with E-state index in [-0.39, 0.29) is 29.1 Å². The van der Waals surface area contributed by atoms with Crippen molar-refractivity contribution in [2.45, 2.75) is 56.9 Å². The number of nitrogens with one attached hydrogen (secondary N) is 2. The highest BCUT2D eigenvalue weighted by Gasteiger charge is 2.48. The van der Waals surface area contributed by atoms with Crippen molar-refractivity contribution in [1.29, 1.82) is 0 Å². The fourth-order valence-corrected chi connectivity index (χ4v) is 5.36. The van der Waals surface area contributed by atoms with Crippen molar-refractivity contribution in [3.05, 3.63) is 53.9 Å². The summed E-state index contributed by atoms with van der Waals surface area (Å²) >= 11 is 0.787. The Bertz CT molecular complexity index is 1350. The third-order valence-electron chi connectivity index (χ3n) is 5.81. The Hall–Kier alpha value is -3.41. The molecular formula is C24H26F3N7OS. The molecule has 1 amide bonds. The number of hydrogen-bond donors (Lipinski definition) is 3. The molecule has 0 saturated heterocycles. The Morgan fingerprint density at radius 3 is 2.61 bits per heavy atom. The van der Waals surface area contributed by atoms with Crippen LogP contribution in [0, 0.1) is 5.95 Å². The van der Waals surface area contributed by atoms with Gasteiger partial charge in [0.2, 0.25) is 5.95 Å². The predicted octanol–water partition coefficient (Wildman–Crippen LogP) is 4.74. The van der Waals surface area contributed by atoms with Gasteiger partial charge in [-0.2, -0.15) is 4.39 Å². The van der Waals surface area contributed by atoms with Gasteiger partial charge in [0.25, 0.3) is 12.3 Å². The van der Waals surface area contributed by atoms with Gasteiger partial charge in [0.05, 0.1) is 27.7 Å². The first-order chi connectivity index (χ1) is 16.9. The Morgan fingerprint density at radius 2 is 1.92 bits per heavy atom. The summed E-state index contributed by atoms with van der Waals surface area (Å²) in [5.41, 5.74) is 5.80. The summed E-state index contributed by atoms with van der Waals surface area (Å²) < 4.78 is 40.9. The topological polar surface area (TPSA) is 118 Å². The van der Waals surface area contributed by atoms with E-state index in [9.17, 15) is 18.0 Å². The van der Waals surface area contributed by atoms with Crippen molar-refractivity contribution in [1.82, 2.24) is 20.3 Å². The molecule has 0 radical (unpaired) electrons. The Morgan fingerprint density at radius 1 is 1.17 bits per heavy atom. The number of thioether (sulfide) groups is 1. The molecule has 4 N–H and O–H groups in total. The highest BCUT2D eigenvalue weighted by atomic mass is 32.2. The zero-order chi connectivity index (χ0) is 26.3. The molecule has 0 aliphatic carbocycles. The smallest absolute Gasteiger partial charge is 0.253 e. The molecule has 0 spiro atoms. The molecule has 0 saturated carbocycles. The van der Waals surface area contributed by atoms with E-state index in [0.717, 1.165) is 11.8 Å². The van der Waals surface area contributed by atoms with Gasteiger partial charge in [-0.15, -0.1) is 0 Å². The minimum Gasteiger partial charge on any atom is -0.378 e. The van der Waals surface area contributed by atoms with E-state index in [1.165, 1.54) is 25.4 Å². The predicted molar refractivity (Wildman–Crippen MR) is 135 cm³/mol. The van der Waals surface area contributed by atoms with Crippen LogP contribution in [-0.4, -0.2) is 43.2 Å². The second kappa shape index (κ2) is 9.57. The van der Waals surface area contributed by atoms with Crippen LogP contribution in [0.25, 0.3) is 10.9 Å². The van der Waals surface area contributed by atoms with Gasteiger partial charge >= 0.3 is 0 Å². The van der Waals surface area contributed by atoms with E-state index in [1.54, 1.807) is 25.3 Å². The Balaban J connectivity index is 1.68. The maximum atomic E-state index is 14.9. The maximum Gasteiger partial charge on any atom is 0.253 e. The molecule has 1 aliphatic heterocycles. The zero-order valence-corrected chi connectivity index (χ0v) is 21.0. The summed E-state index contributed by atoms with van der Waals surface area (Å²) in [6.45, 7) is 6.68. The average Bonchev–Trinajstić information content (AvgIpc) is 2.78. The van der Waals surface area contributed by atoms with Crippen LogP contribution < -0.4 is 16.4 Å². The third-order valence-corrected chi connectivity index (χ3v) is 6.90. The molecule has 4 heterocycles. The van der Waals surface area contributed by atoms with Crippen molar-refractivity contribution in [2.24, 2.45) is 10.7 Å². The minimum atomic E-state index is -2.69. The molecule has 4 rings (SSSR count). The van der Waals surface area contributed by atoms with Gasteiger partial charge in [-0.25, -0.2) is 18.7 Å². The molecule has 3 aromatic heterocycles. The quantitative estimate of drug-likeness (QED) is 0.404. The summed E-state index contributed by atoms with van der Waals surface area (Å²) in [5, 5.41) is 6.52. The number of anilines is 2. The molecular weight excluding hydrogens is 491 g/mol. The standard InChI is InChI=1S/C24H26F3N7OS/c1-12(2)32-20(35)14-7-13-5-6-29-19(17(13)30-9-14)33-15-8-16(18(25)31-10-15)23(3)11-24(4,21(26)27)36-22(28)34-23/h5-10,12,21H,11H2,1-4H3,(H2,28,34)(H,29,33)(H,32,35)/t23-,24+/m0/s1. The first kappa shape index (κ1) is 25.7. The lowest BCUT2D eigenvalue weighted by Gasteiger charge is -2.40. The van der Waals surface area contributed by atoms with Crippen molar-refractivity contribution < 1.29 is 18.0 Å². The molecule has 36 heavy (non-hydrogen) atoms. The molecule has 1 aliphatic rings. The first-order valence-corrected chi connectivity index (χ1v) is 12.0. The van der Waals surface area contributed by atoms with Gasteiger partial charge < -0.3 is 16.4 Å². The van der Waals surface area contributed by atoms with Crippen molar-refractivity contribution in [2.75, 3.05) is 5.32 Å². The highest BCUT2D eigenvalue weighted by molar-refractivity contribution is 8.15. The second-order valence-corrected chi connectivity index (χ2v) is 10.9. The molecule has 3 aromatic rings. The fourth-order valence-electron chi connectivity index (χ4n) is 4.19. The minimum absolute atomic E-state index is 0.0223. The summed E-state index contributed by atoms with van der Waals surface area (Å²) in [5.74, 6) is -0.715. The third kappa shape index (κ3) is 5.08. The fraction of sp³-hybridized carbons (Fsp3) is 0.375. The number of hydrogen-bond acceptors (Lipinski definition) is 8. The van der Waals surface area contributed by atoms with Gasteiger partial charge in [0, 0.05) is 29.4 Å². The number of aliphatic imine (C=N–C) groups is 1. The van der Waals surface area contributed by atoms with Crippen molar-refractivity contribution >= 4 is 45.2 Å². The van der Waals surface area contributed by atoms with Crippen molar-refractivity contribution in [3.63, 3.8) is 0 Å². The lowest BCUT2D eigenvalue weighted by molar-refractivity contribution is 0.0892. The number of carbonyl (C=O) groups excluding carboxylic acids is 1. The number of fused-ring (bicyclic) bond motifs is 1. The molecule has 12 heteroatoms. The van der Waals surface area contributed by atoms with Crippen LogP contribution >= 0.6 is 11.8 Å². The van der Waals surface area contributed by atoms with Crippen LogP contribution in [-0.2, 0) is 5.54 Å². The molecule has 0 fully saturated rings. The summed E-state index contributed by atoms with van der Waals surface area (Å²) in [7, 11) is 0. The molecule has 2 atom stereocenters. The van der Waals surface area contributed by atoms with Gasteiger partial charge in [0.15, 0.2) is 11.0 Å². The largest absolute Gasteiger partial charge is 0.378 e. The maximum absolute atomic E-state index is 14.9. The van der Waals surface area contributed by atoms with E-state index < -0.39 is 22.7 Å². The van der Waals surface area contributed by atoms with Gasteiger partial charge in [0.1, 0.15) is 5.52 Å². The highest BCUT2D eigenvalue weighted by Crippen LogP contribution is 2.48. The lowest BCUT2D eigenvalue weighted by atomic mass is 9.83. The lowest BCUT2D eigenvalue weighted by Crippen LogP contribution is -2.44. The van der Waals surface area contributed by atoms with E-state index in [1.807, 2.05) is 13.8 Å². The number of amidine groups is 1. The Labute approximate surface area is 210 Å². The van der Waals surface area contributed by atoms with E-state index in [0.29, 0.717) is 28.0 Å². The normalized spacial score (nSPS) is 22.1. The van der Waals surface area contributed by atoms with Gasteiger partial charge in [-0.05, 0) is 52.3 Å². The van der Waals surface area contributed by atoms with Crippen molar-refractivity contribution in [3.8, 4) is 0 Å². The van der Waals surface area contributed by atoms with Crippen LogP contribution in [0.3, 0.4) is 0 Å². The number of aromatic nitrogens is 3. The molecule has 0 bridgehead atoms. The molecule has 190 valence electrons. The number of carbonyl (C=O) groups is 1. The number of nitrogens with zero attached hydrogens (tertiary/aromatic N) is 4. The second-order valence-electron chi connectivity index (χ2n) is 9.39. The number of pyridine rings is 3. The van der Waals surface area contributed by atoms with E-state index in [4.69, 9.17) is 5.73 Å². The first-order valence-electron chi connectivity index (χ1n) is 11.2.